The van der Waals surface area contributed by atoms with E-state index < -0.39 is 0 Å². The second-order valence-corrected chi connectivity index (χ2v) is 5.84. The third kappa shape index (κ3) is 4.66. The standard InChI is InChI=1S/C15H24ClN3/c1-3-4-5-8-19(2)15-14(16)9-12(11-18-15)10-17-13-6-7-13/h9,11,13,17H,3-8,10H2,1-2H3. The van der Waals surface area contributed by atoms with Crippen LogP contribution in [-0.4, -0.2) is 24.6 Å². The van der Waals surface area contributed by atoms with E-state index in [2.05, 4.69) is 29.2 Å². The van der Waals surface area contributed by atoms with Crippen molar-refractivity contribution < 1.29 is 0 Å². The van der Waals surface area contributed by atoms with Crippen molar-refractivity contribution in [1.82, 2.24) is 10.3 Å². The average molecular weight is 282 g/mol. The maximum atomic E-state index is 6.34. The van der Waals surface area contributed by atoms with Gasteiger partial charge in [0.2, 0.25) is 0 Å². The van der Waals surface area contributed by atoms with Gasteiger partial charge in [-0.25, -0.2) is 4.98 Å². The molecule has 0 aromatic carbocycles. The van der Waals surface area contributed by atoms with E-state index in [9.17, 15) is 0 Å². The van der Waals surface area contributed by atoms with Crippen molar-refractivity contribution in [3.63, 3.8) is 0 Å². The first-order valence-corrected chi connectivity index (χ1v) is 7.67. The zero-order valence-electron chi connectivity index (χ0n) is 12.0. The Kier molecular flexibility index (Phi) is 5.46. The van der Waals surface area contributed by atoms with Gasteiger partial charge in [-0.3, -0.25) is 0 Å². The number of aromatic nitrogens is 1. The molecule has 1 fully saturated rings. The number of hydrogen-bond donors (Lipinski definition) is 1. The van der Waals surface area contributed by atoms with Crippen LogP contribution in [0.1, 0.15) is 44.6 Å². The van der Waals surface area contributed by atoms with Crippen molar-refractivity contribution in [2.45, 2.75) is 51.6 Å². The fourth-order valence-electron chi connectivity index (χ4n) is 2.10. The largest absolute Gasteiger partial charge is 0.358 e. The highest BCUT2D eigenvalue weighted by molar-refractivity contribution is 6.33. The lowest BCUT2D eigenvalue weighted by Crippen LogP contribution is -2.21. The summed E-state index contributed by atoms with van der Waals surface area (Å²) < 4.78 is 0. The molecule has 2 rings (SSSR count). The topological polar surface area (TPSA) is 28.2 Å². The Bertz CT molecular complexity index is 404. The predicted octanol–water partition coefficient (Wildman–Crippen LogP) is 3.61. The molecule has 1 saturated carbocycles. The Labute approximate surface area is 121 Å². The van der Waals surface area contributed by atoms with Crippen LogP contribution in [0.2, 0.25) is 5.02 Å². The minimum atomic E-state index is 0.718. The molecule has 1 heterocycles. The van der Waals surface area contributed by atoms with Gasteiger partial charge in [0.15, 0.2) is 0 Å². The van der Waals surface area contributed by atoms with Crippen LogP contribution in [0.15, 0.2) is 12.3 Å². The van der Waals surface area contributed by atoms with Crippen LogP contribution in [0.25, 0.3) is 0 Å². The molecule has 1 aliphatic rings. The lowest BCUT2D eigenvalue weighted by molar-refractivity contribution is 0.683. The third-order valence-corrected chi connectivity index (χ3v) is 3.79. The Morgan fingerprint density at radius 1 is 1.42 bits per heavy atom. The fraction of sp³-hybridized carbons (Fsp3) is 0.667. The molecule has 0 unspecified atom stereocenters. The lowest BCUT2D eigenvalue weighted by Gasteiger charge is -2.19. The van der Waals surface area contributed by atoms with E-state index in [-0.39, 0.29) is 0 Å². The first kappa shape index (κ1) is 14.6. The monoisotopic (exact) mass is 281 g/mol. The summed E-state index contributed by atoms with van der Waals surface area (Å²) in [5, 5.41) is 4.24. The van der Waals surface area contributed by atoms with E-state index in [1.165, 1.54) is 37.7 Å². The molecule has 0 spiro atoms. The molecule has 4 heteroatoms. The Balaban J connectivity index is 1.89. The highest BCUT2D eigenvalue weighted by atomic mass is 35.5. The first-order valence-electron chi connectivity index (χ1n) is 7.29. The van der Waals surface area contributed by atoms with Crippen LogP contribution in [0.4, 0.5) is 5.82 Å². The van der Waals surface area contributed by atoms with Gasteiger partial charge in [-0.15, -0.1) is 0 Å². The first-order chi connectivity index (χ1) is 9.20. The number of rotatable bonds is 8. The van der Waals surface area contributed by atoms with E-state index in [0.29, 0.717) is 0 Å². The summed E-state index contributed by atoms with van der Waals surface area (Å²) in [5.74, 6) is 0.896. The minimum Gasteiger partial charge on any atom is -0.358 e. The molecule has 0 amide bonds. The minimum absolute atomic E-state index is 0.718. The van der Waals surface area contributed by atoms with Crippen LogP contribution < -0.4 is 10.2 Å². The van der Waals surface area contributed by atoms with Crippen LogP contribution in [0, 0.1) is 0 Å². The molecule has 1 N–H and O–H groups in total. The molecular formula is C15H24ClN3. The predicted molar refractivity (Wildman–Crippen MR) is 81.9 cm³/mol. The lowest BCUT2D eigenvalue weighted by atomic mass is 10.2. The van der Waals surface area contributed by atoms with Gasteiger partial charge < -0.3 is 10.2 Å². The zero-order valence-corrected chi connectivity index (χ0v) is 12.7. The Hall–Kier alpha value is -0.800. The molecule has 1 aliphatic carbocycles. The van der Waals surface area contributed by atoms with Gasteiger partial charge in [-0.2, -0.15) is 0 Å². The highest BCUT2D eigenvalue weighted by Gasteiger charge is 2.20. The molecule has 1 aromatic rings. The van der Waals surface area contributed by atoms with Crippen LogP contribution in [-0.2, 0) is 6.54 Å². The van der Waals surface area contributed by atoms with Gasteiger partial charge in [0.1, 0.15) is 5.82 Å². The number of anilines is 1. The number of pyridine rings is 1. The van der Waals surface area contributed by atoms with Gasteiger partial charge >= 0.3 is 0 Å². The molecular weight excluding hydrogens is 258 g/mol. The van der Waals surface area contributed by atoms with Crippen LogP contribution >= 0.6 is 11.6 Å². The van der Waals surface area contributed by atoms with Crippen LogP contribution in [0.3, 0.4) is 0 Å². The summed E-state index contributed by atoms with van der Waals surface area (Å²) in [6.45, 7) is 4.10. The van der Waals surface area contributed by atoms with Crippen molar-refractivity contribution in [1.29, 1.82) is 0 Å². The van der Waals surface area contributed by atoms with E-state index in [0.717, 1.165) is 30.0 Å². The maximum absolute atomic E-state index is 6.34. The molecule has 1 aromatic heterocycles. The fourth-order valence-corrected chi connectivity index (χ4v) is 2.44. The Morgan fingerprint density at radius 2 is 2.21 bits per heavy atom. The van der Waals surface area contributed by atoms with Crippen molar-refractivity contribution in [2.24, 2.45) is 0 Å². The SMILES string of the molecule is CCCCCN(C)c1ncc(CNC2CC2)cc1Cl. The van der Waals surface area contributed by atoms with Gasteiger partial charge in [-0.05, 0) is 30.9 Å². The average Bonchev–Trinajstić information content (AvgIpc) is 3.20. The van der Waals surface area contributed by atoms with Gasteiger partial charge in [0.05, 0.1) is 5.02 Å². The quantitative estimate of drug-likeness (QED) is 0.738. The molecule has 0 saturated heterocycles. The van der Waals surface area contributed by atoms with E-state index in [4.69, 9.17) is 11.6 Å². The molecule has 0 atom stereocenters. The summed E-state index contributed by atoms with van der Waals surface area (Å²) in [7, 11) is 2.06. The van der Waals surface area contributed by atoms with Gasteiger partial charge in [0.25, 0.3) is 0 Å². The van der Waals surface area contributed by atoms with Crippen molar-refractivity contribution in [2.75, 3.05) is 18.5 Å². The second kappa shape index (κ2) is 7.11. The van der Waals surface area contributed by atoms with Crippen molar-refractivity contribution in [3.05, 3.63) is 22.8 Å². The molecule has 0 radical (unpaired) electrons. The summed E-state index contributed by atoms with van der Waals surface area (Å²) >= 11 is 6.34. The number of halogens is 1. The highest BCUT2D eigenvalue weighted by Crippen LogP contribution is 2.24. The van der Waals surface area contributed by atoms with Crippen LogP contribution in [0.5, 0.6) is 0 Å². The van der Waals surface area contributed by atoms with Crippen molar-refractivity contribution in [3.8, 4) is 0 Å². The molecule has 19 heavy (non-hydrogen) atoms. The van der Waals surface area contributed by atoms with Crippen molar-refractivity contribution >= 4 is 17.4 Å². The van der Waals surface area contributed by atoms with E-state index in [1.807, 2.05) is 12.3 Å². The smallest absolute Gasteiger partial charge is 0.147 e. The normalized spacial score (nSPS) is 14.7. The summed E-state index contributed by atoms with van der Waals surface area (Å²) in [6.07, 6.45) is 8.23. The number of nitrogens with zero attached hydrogens (tertiary/aromatic N) is 2. The number of unbranched alkanes of at least 4 members (excludes halogenated alkanes) is 2. The third-order valence-electron chi connectivity index (χ3n) is 3.51. The van der Waals surface area contributed by atoms with Gasteiger partial charge in [0, 0.05) is 32.4 Å². The molecule has 106 valence electrons. The Morgan fingerprint density at radius 3 is 2.84 bits per heavy atom. The maximum Gasteiger partial charge on any atom is 0.147 e. The number of nitrogens with one attached hydrogen (secondary N) is 1. The van der Waals surface area contributed by atoms with E-state index in [1.54, 1.807) is 0 Å². The summed E-state index contributed by atoms with van der Waals surface area (Å²) in [6, 6.07) is 2.76. The zero-order chi connectivity index (χ0) is 13.7. The molecule has 0 aliphatic heterocycles. The second-order valence-electron chi connectivity index (χ2n) is 5.43. The summed E-state index contributed by atoms with van der Waals surface area (Å²) in [5.41, 5.74) is 1.17. The van der Waals surface area contributed by atoms with Gasteiger partial charge in [-0.1, -0.05) is 31.4 Å². The van der Waals surface area contributed by atoms with E-state index >= 15 is 0 Å². The summed E-state index contributed by atoms with van der Waals surface area (Å²) in [4.78, 5) is 6.66. The molecule has 0 bridgehead atoms. The molecule has 3 nitrogen and oxygen atoms in total. The number of hydrogen-bond acceptors (Lipinski definition) is 3.